The average molecular weight is 300 g/mol. The normalized spacial score (nSPS) is 10.4. The largest absolute Gasteiger partial charge is 0.480 e. The lowest BCUT2D eigenvalue weighted by atomic mass is 10.1. The number of hydrogen-bond donors (Lipinski definition) is 1. The van der Waals surface area contributed by atoms with Gasteiger partial charge in [0.25, 0.3) is 5.75 Å². The Labute approximate surface area is 120 Å². The van der Waals surface area contributed by atoms with Crippen LogP contribution in [-0.4, -0.2) is 41.4 Å². The van der Waals surface area contributed by atoms with E-state index in [0.29, 0.717) is 11.1 Å². The summed E-state index contributed by atoms with van der Waals surface area (Å²) in [6, 6.07) is 1.24. The first-order valence-electron chi connectivity index (χ1n) is 6.14. The predicted octanol–water partition coefficient (Wildman–Crippen LogP) is 1.51. The Morgan fingerprint density at radius 2 is 1.81 bits per heavy atom. The number of ether oxygens (including phenoxy) is 2. The quantitative estimate of drug-likeness (QED) is 0.438. The third kappa shape index (κ3) is 4.10. The molecule has 0 amide bonds. The summed E-state index contributed by atoms with van der Waals surface area (Å²) in [5, 5.41) is 30.7. The van der Waals surface area contributed by atoms with Crippen LogP contribution < -0.4 is 4.74 Å². The fourth-order valence-corrected chi connectivity index (χ4v) is 1.72. The van der Waals surface area contributed by atoms with Crippen LogP contribution in [0.25, 0.3) is 0 Å². The topological polar surface area (TPSA) is 125 Å². The molecule has 0 aromatic heterocycles. The fourth-order valence-electron chi connectivity index (χ4n) is 1.72. The summed E-state index contributed by atoms with van der Waals surface area (Å²) in [7, 11) is 0. The Bertz CT molecular complexity index is 545. The van der Waals surface area contributed by atoms with E-state index in [1.165, 1.54) is 13.0 Å². The monoisotopic (exact) mass is 300 g/mol. The van der Waals surface area contributed by atoms with Gasteiger partial charge in [-0.15, -0.1) is 0 Å². The molecular formula is C12H16N2O7. The minimum absolute atomic E-state index is 0.0573. The van der Waals surface area contributed by atoms with Crippen molar-refractivity contribution in [3.8, 4) is 5.75 Å². The van der Waals surface area contributed by atoms with E-state index >= 15 is 0 Å². The van der Waals surface area contributed by atoms with Gasteiger partial charge in [-0.25, -0.2) is 0 Å². The van der Waals surface area contributed by atoms with Crippen LogP contribution >= 0.6 is 0 Å². The molecule has 1 rings (SSSR count). The first-order chi connectivity index (χ1) is 9.90. The maximum atomic E-state index is 11.1. The van der Waals surface area contributed by atoms with Crippen LogP contribution in [0.3, 0.4) is 0 Å². The van der Waals surface area contributed by atoms with Crippen LogP contribution in [-0.2, 0) is 4.74 Å². The highest BCUT2D eigenvalue weighted by Crippen LogP contribution is 2.40. The van der Waals surface area contributed by atoms with Crippen molar-refractivity contribution >= 4 is 11.4 Å². The fraction of sp³-hybridized carbons (Fsp3) is 0.500. The van der Waals surface area contributed by atoms with E-state index in [4.69, 9.17) is 14.6 Å². The van der Waals surface area contributed by atoms with Gasteiger partial charge in [-0.2, -0.15) is 0 Å². The number of rotatable bonds is 8. The molecule has 1 N–H and O–H groups in total. The molecular weight excluding hydrogens is 284 g/mol. The summed E-state index contributed by atoms with van der Waals surface area (Å²) in [5.74, 6) is -0.374. The van der Waals surface area contributed by atoms with Gasteiger partial charge >= 0.3 is 11.4 Å². The summed E-state index contributed by atoms with van der Waals surface area (Å²) in [6.45, 7) is 2.96. The van der Waals surface area contributed by atoms with Gasteiger partial charge in [0, 0.05) is 11.6 Å². The molecule has 0 atom stereocenters. The van der Waals surface area contributed by atoms with Crippen molar-refractivity contribution in [1.29, 1.82) is 0 Å². The highest BCUT2D eigenvalue weighted by atomic mass is 16.6. The molecule has 0 saturated carbocycles. The molecule has 0 heterocycles. The third-order valence-electron chi connectivity index (χ3n) is 2.84. The molecule has 116 valence electrons. The molecule has 0 bridgehead atoms. The lowest BCUT2D eigenvalue weighted by Gasteiger charge is -2.10. The lowest BCUT2D eigenvalue weighted by molar-refractivity contribution is -0.396. The van der Waals surface area contributed by atoms with Crippen LogP contribution in [0.2, 0.25) is 0 Å². The summed E-state index contributed by atoms with van der Waals surface area (Å²) >= 11 is 0. The van der Waals surface area contributed by atoms with E-state index in [1.54, 1.807) is 6.92 Å². The zero-order chi connectivity index (χ0) is 16.0. The van der Waals surface area contributed by atoms with E-state index in [2.05, 4.69) is 0 Å². The first-order valence-corrected chi connectivity index (χ1v) is 6.14. The SMILES string of the molecule is Cc1cc([N+](=O)[O-])c(OCCOCCO)c([N+](=O)[O-])c1C. The molecule has 21 heavy (non-hydrogen) atoms. The van der Waals surface area contributed by atoms with E-state index < -0.39 is 21.2 Å². The molecule has 0 aliphatic carbocycles. The van der Waals surface area contributed by atoms with Gasteiger partial charge in [0.05, 0.1) is 29.7 Å². The number of aliphatic hydroxyl groups is 1. The van der Waals surface area contributed by atoms with Crippen molar-refractivity contribution < 1.29 is 24.4 Å². The van der Waals surface area contributed by atoms with Gasteiger partial charge in [0.1, 0.15) is 6.61 Å². The molecule has 0 fully saturated rings. The molecule has 0 spiro atoms. The van der Waals surface area contributed by atoms with Gasteiger partial charge in [-0.3, -0.25) is 20.2 Å². The standard InChI is InChI=1S/C12H16N2O7/c1-8-7-10(13(16)17)12(11(9(8)2)14(18)19)21-6-5-20-4-3-15/h7,15H,3-6H2,1-2H3. The first kappa shape index (κ1) is 16.8. The van der Waals surface area contributed by atoms with Crippen LogP contribution in [0.1, 0.15) is 11.1 Å². The second-order valence-corrected chi connectivity index (χ2v) is 4.21. The Balaban J connectivity index is 3.10. The second kappa shape index (κ2) is 7.50. The number of benzene rings is 1. The maximum absolute atomic E-state index is 11.1. The lowest BCUT2D eigenvalue weighted by Crippen LogP contribution is -2.11. The number of aliphatic hydroxyl groups excluding tert-OH is 1. The molecule has 0 saturated heterocycles. The van der Waals surface area contributed by atoms with E-state index in [0.717, 1.165) is 0 Å². The van der Waals surface area contributed by atoms with Crippen molar-refractivity contribution in [2.24, 2.45) is 0 Å². The second-order valence-electron chi connectivity index (χ2n) is 4.21. The Morgan fingerprint density at radius 1 is 1.14 bits per heavy atom. The van der Waals surface area contributed by atoms with Crippen molar-refractivity contribution in [2.75, 3.05) is 26.4 Å². The number of nitro groups is 2. The minimum Gasteiger partial charge on any atom is -0.480 e. The summed E-state index contributed by atoms with van der Waals surface area (Å²) in [5.41, 5.74) is -0.107. The Hall–Kier alpha value is -2.26. The van der Waals surface area contributed by atoms with Crippen LogP contribution in [0.15, 0.2) is 6.07 Å². The average Bonchev–Trinajstić information content (AvgIpc) is 2.41. The van der Waals surface area contributed by atoms with Crippen molar-refractivity contribution in [1.82, 2.24) is 0 Å². The predicted molar refractivity (Wildman–Crippen MR) is 72.6 cm³/mol. The van der Waals surface area contributed by atoms with Gasteiger partial charge in [-0.1, -0.05) is 0 Å². The van der Waals surface area contributed by atoms with Gasteiger partial charge in [0.2, 0.25) is 0 Å². The molecule has 9 nitrogen and oxygen atoms in total. The van der Waals surface area contributed by atoms with E-state index in [1.807, 2.05) is 0 Å². The maximum Gasteiger partial charge on any atom is 0.321 e. The molecule has 0 aliphatic rings. The van der Waals surface area contributed by atoms with Crippen LogP contribution in [0.4, 0.5) is 11.4 Å². The molecule has 9 heteroatoms. The van der Waals surface area contributed by atoms with E-state index in [-0.39, 0.29) is 32.2 Å². The number of aryl methyl sites for hydroxylation is 1. The van der Waals surface area contributed by atoms with E-state index in [9.17, 15) is 20.2 Å². The molecule has 0 aliphatic heterocycles. The zero-order valence-electron chi connectivity index (χ0n) is 11.7. The Kier molecular flexibility index (Phi) is 6.00. The summed E-state index contributed by atoms with van der Waals surface area (Å²) < 4.78 is 10.1. The molecule has 1 aromatic carbocycles. The van der Waals surface area contributed by atoms with Gasteiger partial charge in [0.15, 0.2) is 0 Å². The van der Waals surface area contributed by atoms with Crippen LogP contribution in [0.5, 0.6) is 5.75 Å². The number of nitro benzene ring substituents is 2. The van der Waals surface area contributed by atoms with Crippen molar-refractivity contribution in [3.05, 3.63) is 37.4 Å². The number of hydrogen-bond acceptors (Lipinski definition) is 7. The summed E-state index contributed by atoms with van der Waals surface area (Å²) in [4.78, 5) is 20.8. The van der Waals surface area contributed by atoms with Crippen molar-refractivity contribution in [3.63, 3.8) is 0 Å². The Morgan fingerprint density at radius 3 is 2.33 bits per heavy atom. The molecule has 1 aromatic rings. The number of nitrogens with zero attached hydrogens (tertiary/aromatic N) is 2. The molecule has 0 unspecified atom stereocenters. The van der Waals surface area contributed by atoms with Crippen LogP contribution in [0, 0.1) is 34.1 Å². The van der Waals surface area contributed by atoms with Crippen molar-refractivity contribution in [2.45, 2.75) is 13.8 Å². The minimum atomic E-state index is -0.719. The molecule has 0 radical (unpaired) electrons. The van der Waals surface area contributed by atoms with Gasteiger partial charge < -0.3 is 14.6 Å². The van der Waals surface area contributed by atoms with Gasteiger partial charge in [-0.05, 0) is 19.4 Å². The highest BCUT2D eigenvalue weighted by molar-refractivity contribution is 5.66. The highest BCUT2D eigenvalue weighted by Gasteiger charge is 2.30. The smallest absolute Gasteiger partial charge is 0.321 e. The third-order valence-corrected chi connectivity index (χ3v) is 2.84. The zero-order valence-corrected chi connectivity index (χ0v) is 11.7. The summed E-state index contributed by atoms with van der Waals surface area (Å²) in [6.07, 6.45) is 0.